The van der Waals surface area contributed by atoms with Gasteiger partial charge in [-0.2, -0.15) is 0 Å². The summed E-state index contributed by atoms with van der Waals surface area (Å²) < 4.78 is 5.62. The van der Waals surface area contributed by atoms with E-state index in [0.717, 1.165) is 42.0 Å². The summed E-state index contributed by atoms with van der Waals surface area (Å²) in [6.45, 7) is 6.65. The zero-order valence-electron chi connectivity index (χ0n) is 13.8. The van der Waals surface area contributed by atoms with E-state index in [1.807, 2.05) is 0 Å². The minimum atomic E-state index is -0.142. The zero-order chi connectivity index (χ0) is 16.7. The molecule has 0 bridgehead atoms. The third-order valence-electron chi connectivity index (χ3n) is 4.44. The summed E-state index contributed by atoms with van der Waals surface area (Å²) in [4.78, 5) is 24.9. The monoisotopic (exact) mass is 324 g/mol. The topological polar surface area (TPSA) is 74.0 Å². The van der Waals surface area contributed by atoms with Gasteiger partial charge in [-0.25, -0.2) is 4.98 Å². The summed E-state index contributed by atoms with van der Waals surface area (Å²) in [7, 11) is 0. The van der Waals surface area contributed by atoms with E-state index in [4.69, 9.17) is 4.74 Å². The number of imidazole rings is 1. The summed E-state index contributed by atoms with van der Waals surface area (Å²) >= 11 is 0. The highest BCUT2D eigenvalue weighted by atomic mass is 16.5. The second-order valence-corrected chi connectivity index (χ2v) is 6.28. The highest BCUT2D eigenvalue weighted by molar-refractivity contribution is 5.85. The van der Waals surface area contributed by atoms with Crippen molar-refractivity contribution < 1.29 is 4.74 Å². The molecule has 3 heterocycles. The zero-order valence-corrected chi connectivity index (χ0v) is 13.8. The number of nitrogens with one attached hydrogen (secondary N) is 2. The number of aromatic nitrogens is 3. The number of anilines is 1. The molecule has 0 unspecified atom stereocenters. The number of benzene rings is 1. The lowest BCUT2D eigenvalue weighted by Crippen LogP contribution is -2.41. The molecule has 1 aliphatic heterocycles. The van der Waals surface area contributed by atoms with Crippen molar-refractivity contribution in [1.29, 1.82) is 0 Å². The lowest BCUT2D eigenvalue weighted by Gasteiger charge is -2.33. The summed E-state index contributed by atoms with van der Waals surface area (Å²) in [6, 6.07) is 7.84. The number of aryl methyl sites for hydroxylation is 1. The Kier molecular flexibility index (Phi) is 3.61. The van der Waals surface area contributed by atoms with Crippen LogP contribution in [-0.2, 0) is 4.74 Å². The highest BCUT2D eigenvalue weighted by Crippen LogP contribution is 2.27. The third kappa shape index (κ3) is 2.59. The number of pyridine rings is 1. The average molecular weight is 324 g/mol. The molecule has 2 aromatic heterocycles. The van der Waals surface area contributed by atoms with E-state index in [2.05, 4.69) is 45.8 Å². The Balaban J connectivity index is 1.78. The third-order valence-corrected chi connectivity index (χ3v) is 4.44. The quantitative estimate of drug-likeness (QED) is 0.759. The lowest BCUT2D eigenvalue weighted by molar-refractivity contribution is 0.0532. The van der Waals surface area contributed by atoms with E-state index < -0.39 is 0 Å². The largest absolute Gasteiger partial charge is 0.375 e. The van der Waals surface area contributed by atoms with Gasteiger partial charge >= 0.3 is 0 Å². The molecule has 0 saturated carbocycles. The number of hydrogen-bond donors (Lipinski definition) is 2. The molecule has 2 N–H and O–H groups in total. The van der Waals surface area contributed by atoms with E-state index in [-0.39, 0.29) is 11.7 Å². The van der Waals surface area contributed by atoms with Gasteiger partial charge in [-0.15, -0.1) is 0 Å². The number of rotatable bonds is 2. The molecular weight excluding hydrogens is 304 g/mol. The highest BCUT2D eigenvalue weighted by Gasteiger charge is 2.19. The Morgan fingerprint density at radius 2 is 2.25 bits per heavy atom. The van der Waals surface area contributed by atoms with Crippen molar-refractivity contribution in [2.24, 2.45) is 0 Å². The Bertz CT molecular complexity index is 944. The second-order valence-electron chi connectivity index (χ2n) is 6.28. The smallest absolute Gasteiger partial charge is 0.258 e. The van der Waals surface area contributed by atoms with Crippen LogP contribution < -0.4 is 10.5 Å². The molecule has 6 nitrogen and oxygen atoms in total. The van der Waals surface area contributed by atoms with Gasteiger partial charge in [-0.3, -0.25) is 4.79 Å². The summed E-state index contributed by atoms with van der Waals surface area (Å²) in [5, 5.41) is 0. The molecular formula is C18H20N4O2. The maximum Gasteiger partial charge on any atom is 0.258 e. The molecule has 0 aliphatic carbocycles. The molecule has 4 rings (SSSR count). The second kappa shape index (κ2) is 5.79. The van der Waals surface area contributed by atoms with E-state index in [9.17, 15) is 4.79 Å². The van der Waals surface area contributed by atoms with Gasteiger partial charge in [0.15, 0.2) is 0 Å². The van der Waals surface area contributed by atoms with Crippen LogP contribution in [0.25, 0.3) is 22.4 Å². The van der Waals surface area contributed by atoms with Gasteiger partial charge < -0.3 is 19.6 Å². The van der Waals surface area contributed by atoms with Gasteiger partial charge in [0, 0.05) is 25.0 Å². The van der Waals surface area contributed by atoms with E-state index in [1.54, 1.807) is 18.3 Å². The first-order chi connectivity index (χ1) is 11.6. The molecule has 1 atom stereocenters. The fourth-order valence-corrected chi connectivity index (χ4v) is 3.24. The van der Waals surface area contributed by atoms with Crippen molar-refractivity contribution in [3.05, 3.63) is 46.4 Å². The molecule has 124 valence electrons. The van der Waals surface area contributed by atoms with Crippen LogP contribution in [0.1, 0.15) is 12.5 Å². The Morgan fingerprint density at radius 3 is 3.04 bits per heavy atom. The maximum atomic E-state index is 12.0. The standard InChI is InChI=1S/C18H20N4O2/c1-11-8-13(22-6-7-24-12(2)10-22)9-15-16(11)21-17(20-15)14-4-3-5-19-18(14)23/h3-5,8-9,12H,6-7,10H2,1-2H3,(H,19,23)(H,20,21)/t12-/m1/s1. The van der Waals surface area contributed by atoms with Gasteiger partial charge in [0.25, 0.3) is 5.56 Å². The minimum Gasteiger partial charge on any atom is -0.375 e. The predicted molar refractivity (Wildman–Crippen MR) is 94.5 cm³/mol. The number of morpholine rings is 1. The number of hydrogen-bond acceptors (Lipinski definition) is 4. The SMILES string of the molecule is Cc1cc(N2CCO[C@H](C)C2)cc2[nH]c(-c3ccc[nH]c3=O)nc12. The first-order valence-corrected chi connectivity index (χ1v) is 8.17. The number of fused-ring (bicyclic) bond motifs is 1. The van der Waals surface area contributed by atoms with E-state index >= 15 is 0 Å². The van der Waals surface area contributed by atoms with Crippen LogP contribution in [0.5, 0.6) is 0 Å². The number of ether oxygens (including phenoxy) is 1. The van der Waals surface area contributed by atoms with Crippen molar-refractivity contribution in [1.82, 2.24) is 15.0 Å². The number of nitrogens with zero attached hydrogens (tertiary/aromatic N) is 2. The molecule has 3 aromatic rings. The van der Waals surface area contributed by atoms with Crippen LogP contribution >= 0.6 is 0 Å². The molecule has 1 fully saturated rings. The first kappa shape index (κ1) is 15.0. The average Bonchev–Trinajstić information content (AvgIpc) is 3.00. The number of H-pyrrole nitrogens is 2. The molecule has 6 heteroatoms. The summed E-state index contributed by atoms with van der Waals surface area (Å²) in [5.74, 6) is 0.599. The Morgan fingerprint density at radius 1 is 1.38 bits per heavy atom. The molecule has 0 amide bonds. The molecule has 1 aliphatic rings. The van der Waals surface area contributed by atoms with Crippen molar-refractivity contribution in [2.45, 2.75) is 20.0 Å². The predicted octanol–water partition coefficient (Wildman–Crippen LogP) is 2.45. The van der Waals surface area contributed by atoms with Crippen molar-refractivity contribution in [3.63, 3.8) is 0 Å². The fourth-order valence-electron chi connectivity index (χ4n) is 3.24. The van der Waals surface area contributed by atoms with Gasteiger partial charge in [0.05, 0.1) is 29.3 Å². The molecule has 0 radical (unpaired) electrons. The molecule has 1 aromatic carbocycles. The Hall–Kier alpha value is -2.60. The number of aromatic amines is 2. The van der Waals surface area contributed by atoms with Crippen LogP contribution in [0.15, 0.2) is 35.3 Å². The van der Waals surface area contributed by atoms with Crippen molar-refractivity contribution >= 4 is 16.7 Å². The molecule has 1 saturated heterocycles. The molecule has 0 spiro atoms. The normalized spacial score (nSPS) is 18.2. The minimum absolute atomic E-state index is 0.142. The first-order valence-electron chi connectivity index (χ1n) is 8.17. The van der Waals surface area contributed by atoms with Crippen LogP contribution in [0.3, 0.4) is 0 Å². The van der Waals surface area contributed by atoms with Gasteiger partial charge in [0.1, 0.15) is 5.82 Å². The van der Waals surface area contributed by atoms with E-state index in [1.165, 1.54) is 0 Å². The van der Waals surface area contributed by atoms with Crippen molar-refractivity contribution in [2.75, 3.05) is 24.6 Å². The van der Waals surface area contributed by atoms with Crippen LogP contribution in [-0.4, -0.2) is 40.8 Å². The maximum absolute atomic E-state index is 12.0. The van der Waals surface area contributed by atoms with Gasteiger partial charge in [-0.05, 0) is 43.7 Å². The van der Waals surface area contributed by atoms with Crippen molar-refractivity contribution in [3.8, 4) is 11.4 Å². The summed E-state index contributed by atoms with van der Waals surface area (Å²) in [6.07, 6.45) is 1.85. The van der Waals surface area contributed by atoms with Gasteiger partial charge in [-0.1, -0.05) is 0 Å². The molecule has 24 heavy (non-hydrogen) atoms. The van der Waals surface area contributed by atoms with Gasteiger partial charge in [0.2, 0.25) is 0 Å². The fraction of sp³-hybridized carbons (Fsp3) is 0.333. The van der Waals surface area contributed by atoms with Crippen LogP contribution in [0.2, 0.25) is 0 Å². The summed E-state index contributed by atoms with van der Waals surface area (Å²) in [5.41, 5.74) is 4.51. The Labute approximate surface area is 139 Å². The lowest BCUT2D eigenvalue weighted by atomic mass is 10.1. The van der Waals surface area contributed by atoms with E-state index in [0.29, 0.717) is 11.4 Å². The van der Waals surface area contributed by atoms with Crippen LogP contribution in [0, 0.1) is 6.92 Å². The van der Waals surface area contributed by atoms with Crippen LogP contribution in [0.4, 0.5) is 5.69 Å².